The van der Waals surface area contributed by atoms with E-state index in [9.17, 15) is 4.79 Å². The number of aromatic nitrogens is 1. The molecule has 0 radical (unpaired) electrons. The smallest absolute Gasteiger partial charge is 0.189 e. The van der Waals surface area contributed by atoms with Gasteiger partial charge in [0.2, 0.25) is 0 Å². The Kier molecular flexibility index (Phi) is 4.31. The van der Waals surface area contributed by atoms with Crippen molar-refractivity contribution in [3.63, 3.8) is 0 Å². The number of hydrogen-bond donors (Lipinski definition) is 1. The quantitative estimate of drug-likeness (QED) is 0.803. The van der Waals surface area contributed by atoms with Crippen molar-refractivity contribution in [3.05, 3.63) is 69.0 Å². The van der Waals surface area contributed by atoms with E-state index < -0.39 is 0 Å². The highest BCUT2D eigenvalue weighted by atomic mass is 16.1. The zero-order chi connectivity index (χ0) is 19.2. The maximum Gasteiger partial charge on any atom is 0.189 e. The summed E-state index contributed by atoms with van der Waals surface area (Å²) in [5.74, 6) is 0. The molecule has 0 aliphatic carbocycles. The molecule has 0 saturated carbocycles. The van der Waals surface area contributed by atoms with Gasteiger partial charge in [-0.1, -0.05) is 52.1 Å². The molecule has 2 heterocycles. The lowest BCUT2D eigenvalue weighted by Crippen LogP contribution is -2.45. The molecule has 0 bridgehead atoms. The van der Waals surface area contributed by atoms with Gasteiger partial charge in [-0.2, -0.15) is 0 Å². The third kappa shape index (κ3) is 2.85. The number of anilines is 1. The fraction of sp³-hybridized carbons (Fsp3) is 0.318. The van der Waals surface area contributed by atoms with E-state index >= 15 is 0 Å². The third-order valence-electron chi connectivity index (χ3n) is 5.20. The van der Waals surface area contributed by atoms with E-state index in [1.807, 2.05) is 24.4 Å². The molecule has 1 unspecified atom stereocenters. The van der Waals surface area contributed by atoms with Gasteiger partial charge in [-0.25, -0.2) is 0 Å². The van der Waals surface area contributed by atoms with E-state index in [0.717, 1.165) is 28.4 Å². The van der Waals surface area contributed by atoms with Gasteiger partial charge in [0.25, 0.3) is 0 Å². The van der Waals surface area contributed by atoms with Gasteiger partial charge in [0.05, 0.1) is 17.4 Å². The molecule has 3 rings (SSSR count). The van der Waals surface area contributed by atoms with Crippen LogP contribution in [0.3, 0.4) is 0 Å². The summed E-state index contributed by atoms with van der Waals surface area (Å²) in [7, 11) is 2.06. The van der Waals surface area contributed by atoms with Crippen LogP contribution in [0, 0.1) is 5.41 Å². The van der Waals surface area contributed by atoms with Crippen molar-refractivity contribution < 1.29 is 0 Å². The van der Waals surface area contributed by atoms with E-state index in [0.29, 0.717) is 11.3 Å². The number of nitrogens with two attached hydrogens (primary N) is 1. The Labute approximate surface area is 154 Å². The Morgan fingerprint density at radius 3 is 2.62 bits per heavy atom. The van der Waals surface area contributed by atoms with E-state index in [-0.39, 0.29) is 16.9 Å². The number of rotatable bonds is 1. The highest BCUT2D eigenvalue weighted by Gasteiger charge is 2.34. The highest BCUT2D eigenvalue weighted by Crippen LogP contribution is 2.37. The standard InChI is InChI=1S/C22H27N3O/c1-7-15-12-25-18(11-19(15)26)21(16-9-8-10-17(23)14(16)2)24(6)13-20(25)22(3,4)5/h7-12,20H,1-2,13,23H2,3-6H3/b21-16-. The molecule has 0 amide bonds. The zero-order valence-electron chi connectivity index (χ0n) is 16.0. The molecule has 2 aromatic rings. The molecule has 2 N–H and O–H groups in total. The summed E-state index contributed by atoms with van der Waals surface area (Å²) in [6.45, 7) is 15.4. The van der Waals surface area contributed by atoms with Crippen LogP contribution in [0.15, 0.2) is 41.8 Å². The Hall–Kier alpha value is -2.75. The minimum absolute atomic E-state index is 0.0266. The fourth-order valence-corrected chi connectivity index (χ4v) is 3.66. The Morgan fingerprint density at radius 1 is 1.31 bits per heavy atom. The summed E-state index contributed by atoms with van der Waals surface area (Å²) in [6, 6.07) is 7.72. The Morgan fingerprint density at radius 2 is 2.00 bits per heavy atom. The monoisotopic (exact) mass is 349 g/mol. The van der Waals surface area contributed by atoms with Gasteiger partial charge < -0.3 is 15.2 Å². The minimum Gasteiger partial charge on any atom is -0.398 e. The first kappa shape index (κ1) is 18.1. The first-order valence-electron chi connectivity index (χ1n) is 8.83. The molecule has 1 atom stereocenters. The van der Waals surface area contributed by atoms with Crippen LogP contribution in [0.2, 0.25) is 0 Å². The molecule has 0 saturated heterocycles. The van der Waals surface area contributed by atoms with E-state index in [1.54, 1.807) is 12.1 Å². The first-order chi connectivity index (χ1) is 12.1. The SMILES string of the molecule is C=Cc1cn2c(cc1=O)/C(=c1\cccc(N)c1=C)N(C)CC2C(C)(C)C. The van der Waals surface area contributed by atoms with Gasteiger partial charge in [0, 0.05) is 42.3 Å². The summed E-state index contributed by atoms with van der Waals surface area (Å²) in [4.78, 5) is 14.8. The maximum absolute atomic E-state index is 12.6. The highest BCUT2D eigenvalue weighted by molar-refractivity contribution is 5.65. The number of hydrogen-bond acceptors (Lipinski definition) is 3. The van der Waals surface area contributed by atoms with Gasteiger partial charge in [0.15, 0.2) is 5.43 Å². The van der Waals surface area contributed by atoms with Crippen LogP contribution in [0.1, 0.15) is 38.1 Å². The predicted octanol–water partition coefficient (Wildman–Crippen LogP) is 2.17. The second kappa shape index (κ2) is 6.20. The second-order valence-electron chi connectivity index (χ2n) is 8.07. The second-order valence-corrected chi connectivity index (χ2v) is 8.07. The van der Waals surface area contributed by atoms with Crippen molar-refractivity contribution in [2.24, 2.45) is 5.41 Å². The van der Waals surface area contributed by atoms with Crippen LogP contribution in [0.25, 0.3) is 18.4 Å². The van der Waals surface area contributed by atoms with E-state index in [4.69, 9.17) is 5.73 Å². The summed E-state index contributed by atoms with van der Waals surface area (Å²) in [5.41, 5.74) is 9.24. The number of nitrogen functional groups attached to an aromatic ring is 1. The lowest BCUT2D eigenvalue weighted by atomic mass is 9.84. The minimum atomic E-state index is -0.0266. The maximum atomic E-state index is 12.6. The van der Waals surface area contributed by atoms with Gasteiger partial charge in [0.1, 0.15) is 0 Å². The van der Waals surface area contributed by atoms with Crippen LogP contribution in [0.4, 0.5) is 5.69 Å². The number of pyridine rings is 1. The molecule has 1 aromatic carbocycles. The van der Waals surface area contributed by atoms with Crippen molar-refractivity contribution >= 4 is 24.0 Å². The van der Waals surface area contributed by atoms with Crippen molar-refractivity contribution in [3.8, 4) is 0 Å². The van der Waals surface area contributed by atoms with Crippen molar-refractivity contribution in [2.75, 3.05) is 19.3 Å². The number of benzene rings is 1. The Bertz CT molecular complexity index is 1040. The molecular formula is C22H27N3O. The van der Waals surface area contributed by atoms with Gasteiger partial charge in [-0.05, 0) is 16.7 Å². The molecule has 26 heavy (non-hydrogen) atoms. The topological polar surface area (TPSA) is 51.3 Å². The van der Waals surface area contributed by atoms with Crippen LogP contribution < -0.4 is 21.6 Å². The molecule has 136 valence electrons. The van der Waals surface area contributed by atoms with Gasteiger partial charge in [-0.3, -0.25) is 4.79 Å². The van der Waals surface area contributed by atoms with Crippen LogP contribution >= 0.6 is 0 Å². The normalized spacial score (nSPS) is 19.2. The molecule has 1 aromatic heterocycles. The van der Waals surface area contributed by atoms with Crippen molar-refractivity contribution in [1.29, 1.82) is 0 Å². The van der Waals surface area contributed by atoms with Gasteiger partial charge >= 0.3 is 0 Å². The third-order valence-corrected chi connectivity index (χ3v) is 5.20. The summed E-state index contributed by atoms with van der Waals surface area (Å²) in [5, 5.41) is 1.75. The fourth-order valence-electron chi connectivity index (χ4n) is 3.66. The number of fused-ring (bicyclic) bond motifs is 1. The molecule has 1 aliphatic rings. The van der Waals surface area contributed by atoms with Crippen LogP contribution in [-0.4, -0.2) is 23.1 Å². The molecule has 4 nitrogen and oxygen atoms in total. The van der Waals surface area contributed by atoms with Crippen LogP contribution in [0.5, 0.6) is 0 Å². The van der Waals surface area contributed by atoms with Crippen LogP contribution in [-0.2, 0) is 0 Å². The molecule has 1 aliphatic heterocycles. The summed E-state index contributed by atoms with van der Waals surface area (Å²) >= 11 is 0. The number of likely N-dealkylation sites (N-methyl/N-ethyl adjacent to an activating group) is 1. The van der Waals surface area contributed by atoms with E-state index in [1.165, 1.54) is 0 Å². The molecule has 0 spiro atoms. The molecular weight excluding hydrogens is 322 g/mol. The van der Waals surface area contributed by atoms with Crippen molar-refractivity contribution in [2.45, 2.75) is 26.8 Å². The van der Waals surface area contributed by atoms with Gasteiger partial charge in [-0.15, -0.1) is 0 Å². The Balaban J connectivity index is 2.47. The predicted molar refractivity (Wildman–Crippen MR) is 110 cm³/mol. The zero-order valence-corrected chi connectivity index (χ0v) is 16.0. The lowest BCUT2D eigenvalue weighted by Gasteiger charge is -2.43. The summed E-state index contributed by atoms with van der Waals surface area (Å²) < 4.78 is 2.22. The molecule has 0 fully saturated rings. The van der Waals surface area contributed by atoms with Crippen molar-refractivity contribution in [1.82, 2.24) is 9.47 Å². The first-order valence-corrected chi connectivity index (χ1v) is 8.83. The molecule has 4 heteroatoms. The average molecular weight is 349 g/mol. The average Bonchev–Trinajstić information content (AvgIpc) is 2.56. The summed E-state index contributed by atoms with van der Waals surface area (Å²) in [6.07, 6.45) is 3.56. The van der Waals surface area contributed by atoms with E-state index in [2.05, 4.69) is 50.4 Å². The largest absolute Gasteiger partial charge is 0.398 e. The lowest BCUT2D eigenvalue weighted by molar-refractivity contribution is 0.185. The number of nitrogens with zero attached hydrogens (tertiary/aromatic N) is 2.